The first-order valence-electron chi connectivity index (χ1n) is 7.12. The smallest absolute Gasteiger partial charge is 0.217 e. The lowest BCUT2D eigenvalue weighted by Gasteiger charge is -2.17. The summed E-state index contributed by atoms with van der Waals surface area (Å²) in [7, 11) is 1.89. The Kier molecular flexibility index (Phi) is 4.79. The van der Waals surface area contributed by atoms with Crippen LogP contribution in [-0.2, 0) is 7.05 Å². The average molecular weight is 273 g/mol. The molecule has 4 nitrogen and oxygen atoms in total. The molecule has 2 aromatic rings. The van der Waals surface area contributed by atoms with Crippen LogP contribution < -0.4 is 10.1 Å². The quantitative estimate of drug-likeness (QED) is 0.874. The van der Waals surface area contributed by atoms with Gasteiger partial charge in [-0.25, -0.2) is 4.68 Å². The Bertz CT molecular complexity index is 563. The standard InChI is InChI=1S/C16H23N3O/c1-5-10-17-13(3)14-8-6-7-9-15(14)20-16-11-12(2)18-19(16)4/h6-9,11,13,17H,5,10H2,1-4H3. The van der Waals surface area contributed by atoms with Gasteiger partial charge in [-0.05, 0) is 32.9 Å². The number of benzene rings is 1. The van der Waals surface area contributed by atoms with Crippen molar-refractivity contribution in [3.8, 4) is 11.6 Å². The van der Waals surface area contributed by atoms with Crippen LogP contribution in [0.2, 0.25) is 0 Å². The van der Waals surface area contributed by atoms with Gasteiger partial charge in [0.15, 0.2) is 0 Å². The van der Waals surface area contributed by atoms with Crippen LogP contribution in [0.25, 0.3) is 0 Å². The SMILES string of the molecule is CCCNC(C)c1ccccc1Oc1cc(C)nn1C. The van der Waals surface area contributed by atoms with E-state index in [2.05, 4.69) is 30.3 Å². The molecule has 0 aliphatic carbocycles. The Labute approximate surface area is 120 Å². The third kappa shape index (κ3) is 3.39. The second kappa shape index (κ2) is 6.57. The molecule has 0 radical (unpaired) electrons. The zero-order chi connectivity index (χ0) is 14.5. The molecule has 0 saturated carbocycles. The maximum Gasteiger partial charge on any atom is 0.217 e. The molecule has 2 rings (SSSR count). The number of hydrogen-bond acceptors (Lipinski definition) is 3. The normalized spacial score (nSPS) is 12.4. The minimum Gasteiger partial charge on any atom is -0.439 e. The lowest BCUT2D eigenvalue weighted by molar-refractivity contribution is 0.418. The number of nitrogens with one attached hydrogen (secondary N) is 1. The molecule has 1 atom stereocenters. The fourth-order valence-corrected chi connectivity index (χ4v) is 2.20. The van der Waals surface area contributed by atoms with Crippen LogP contribution in [0, 0.1) is 6.92 Å². The van der Waals surface area contributed by atoms with E-state index in [1.807, 2.05) is 38.2 Å². The van der Waals surface area contributed by atoms with Crippen molar-refractivity contribution in [2.45, 2.75) is 33.2 Å². The molecule has 1 unspecified atom stereocenters. The van der Waals surface area contributed by atoms with Crippen LogP contribution in [0.3, 0.4) is 0 Å². The largest absolute Gasteiger partial charge is 0.439 e. The fourth-order valence-electron chi connectivity index (χ4n) is 2.20. The van der Waals surface area contributed by atoms with Gasteiger partial charge in [0.05, 0.1) is 5.69 Å². The lowest BCUT2D eigenvalue weighted by atomic mass is 10.1. The van der Waals surface area contributed by atoms with Crippen molar-refractivity contribution in [2.24, 2.45) is 7.05 Å². The predicted octanol–water partition coefficient (Wildman–Crippen LogP) is 3.58. The Morgan fingerprint density at radius 3 is 2.75 bits per heavy atom. The molecule has 1 N–H and O–H groups in total. The van der Waals surface area contributed by atoms with Crippen molar-refractivity contribution in [1.29, 1.82) is 0 Å². The van der Waals surface area contributed by atoms with Gasteiger partial charge < -0.3 is 10.1 Å². The van der Waals surface area contributed by atoms with Crippen LogP contribution in [-0.4, -0.2) is 16.3 Å². The highest BCUT2D eigenvalue weighted by atomic mass is 16.5. The van der Waals surface area contributed by atoms with Gasteiger partial charge in [-0.2, -0.15) is 5.10 Å². The fraction of sp³-hybridized carbons (Fsp3) is 0.438. The van der Waals surface area contributed by atoms with E-state index in [0.717, 1.165) is 30.3 Å². The second-order valence-corrected chi connectivity index (χ2v) is 5.06. The van der Waals surface area contributed by atoms with Gasteiger partial charge in [0.1, 0.15) is 5.75 Å². The van der Waals surface area contributed by atoms with Gasteiger partial charge in [0.2, 0.25) is 5.88 Å². The van der Waals surface area contributed by atoms with E-state index in [1.165, 1.54) is 5.56 Å². The molecule has 0 fully saturated rings. The molecule has 1 aromatic heterocycles. The second-order valence-electron chi connectivity index (χ2n) is 5.06. The Morgan fingerprint density at radius 2 is 2.10 bits per heavy atom. The molecule has 108 valence electrons. The number of aryl methyl sites for hydroxylation is 2. The van der Waals surface area contributed by atoms with Gasteiger partial charge in [-0.3, -0.25) is 0 Å². The number of ether oxygens (including phenoxy) is 1. The highest BCUT2D eigenvalue weighted by molar-refractivity contribution is 5.38. The summed E-state index contributed by atoms with van der Waals surface area (Å²) in [6.45, 7) is 7.29. The van der Waals surface area contributed by atoms with Crippen LogP contribution in [0.1, 0.15) is 37.6 Å². The van der Waals surface area contributed by atoms with Crippen LogP contribution in [0.5, 0.6) is 11.6 Å². The average Bonchev–Trinajstić information content (AvgIpc) is 2.75. The Hall–Kier alpha value is -1.81. The van der Waals surface area contributed by atoms with Crippen molar-refractivity contribution >= 4 is 0 Å². The summed E-state index contributed by atoms with van der Waals surface area (Å²) in [5.74, 6) is 1.64. The number of aromatic nitrogens is 2. The minimum atomic E-state index is 0.264. The van der Waals surface area contributed by atoms with E-state index in [4.69, 9.17) is 4.74 Å². The third-order valence-electron chi connectivity index (χ3n) is 3.26. The molecule has 0 spiro atoms. The molecular weight excluding hydrogens is 250 g/mol. The molecule has 0 aliphatic heterocycles. The summed E-state index contributed by atoms with van der Waals surface area (Å²) in [5, 5.41) is 7.80. The van der Waals surface area contributed by atoms with Crippen molar-refractivity contribution in [3.63, 3.8) is 0 Å². The zero-order valence-corrected chi connectivity index (χ0v) is 12.7. The summed E-state index contributed by atoms with van der Waals surface area (Å²) in [6, 6.07) is 10.4. The zero-order valence-electron chi connectivity index (χ0n) is 12.7. The number of nitrogens with zero attached hydrogens (tertiary/aromatic N) is 2. The summed E-state index contributed by atoms with van der Waals surface area (Å²) in [4.78, 5) is 0. The minimum absolute atomic E-state index is 0.264. The van der Waals surface area contributed by atoms with Crippen molar-refractivity contribution in [2.75, 3.05) is 6.54 Å². The van der Waals surface area contributed by atoms with Gasteiger partial charge in [0.25, 0.3) is 0 Å². The predicted molar refractivity (Wildman–Crippen MR) is 81.2 cm³/mol. The van der Waals surface area contributed by atoms with Crippen LogP contribution in [0.4, 0.5) is 0 Å². The van der Waals surface area contributed by atoms with E-state index in [-0.39, 0.29) is 6.04 Å². The molecule has 0 aliphatic rings. The highest BCUT2D eigenvalue weighted by Gasteiger charge is 2.12. The molecule has 0 amide bonds. The lowest BCUT2D eigenvalue weighted by Crippen LogP contribution is -2.19. The van der Waals surface area contributed by atoms with Gasteiger partial charge in [0, 0.05) is 24.7 Å². The van der Waals surface area contributed by atoms with Gasteiger partial charge in [-0.1, -0.05) is 25.1 Å². The van der Waals surface area contributed by atoms with E-state index < -0.39 is 0 Å². The maximum atomic E-state index is 6.02. The summed E-state index contributed by atoms with van der Waals surface area (Å²) in [6.07, 6.45) is 1.12. The molecule has 1 aromatic carbocycles. The van der Waals surface area contributed by atoms with Crippen molar-refractivity contribution in [1.82, 2.24) is 15.1 Å². The topological polar surface area (TPSA) is 39.1 Å². The van der Waals surface area contributed by atoms with Crippen molar-refractivity contribution < 1.29 is 4.74 Å². The molecule has 1 heterocycles. The maximum absolute atomic E-state index is 6.02. The first kappa shape index (κ1) is 14.6. The summed E-state index contributed by atoms with van der Waals surface area (Å²) < 4.78 is 7.78. The number of rotatable bonds is 6. The number of hydrogen-bond donors (Lipinski definition) is 1. The molecule has 4 heteroatoms. The van der Waals surface area contributed by atoms with E-state index in [1.54, 1.807) is 4.68 Å². The van der Waals surface area contributed by atoms with Crippen LogP contribution in [0.15, 0.2) is 30.3 Å². The van der Waals surface area contributed by atoms with Crippen molar-refractivity contribution in [3.05, 3.63) is 41.6 Å². The third-order valence-corrected chi connectivity index (χ3v) is 3.26. The number of para-hydroxylation sites is 1. The monoisotopic (exact) mass is 273 g/mol. The summed E-state index contributed by atoms with van der Waals surface area (Å²) in [5.41, 5.74) is 2.12. The first-order valence-corrected chi connectivity index (χ1v) is 7.12. The van der Waals surface area contributed by atoms with E-state index in [0.29, 0.717) is 0 Å². The summed E-state index contributed by atoms with van der Waals surface area (Å²) >= 11 is 0. The molecule has 0 bridgehead atoms. The van der Waals surface area contributed by atoms with Gasteiger partial charge in [-0.15, -0.1) is 0 Å². The van der Waals surface area contributed by atoms with Gasteiger partial charge >= 0.3 is 0 Å². The Morgan fingerprint density at radius 1 is 1.35 bits per heavy atom. The van der Waals surface area contributed by atoms with E-state index >= 15 is 0 Å². The van der Waals surface area contributed by atoms with Crippen LogP contribution >= 0.6 is 0 Å². The molecular formula is C16H23N3O. The first-order chi connectivity index (χ1) is 9.61. The Balaban J connectivity index is 2.21. The molecule has 0 saturated heterocycles. The van der Waals surface area contributed by atoms with E-state index in [9.17, 15) is 0 Å². The highest BCUT2D eigenvalue weighted by Crippen LogP contribution is 2.29. The molecule has 20 heavy (non-hydrogen) atoms.